The maximum Gasteiger partial charge on any atom is 0.155 e. The Balaban J connectivity index is 2.28. The molecule has 0 atom stereocenters. The number of aldehydes is 1. The molecule has 0 spiro atoms. The van der Waals surface area contributed by atoms with Gasteiger partial charge in [0, 0.05) is 17.5 Å². The number of phenols is 3. The lowest BCUT2D eigenvalue weighted by Crippen LogP contribution is -1.95. The Kier molecular flexibility index (Phi) is 3.37. The molecule has 0 radical (unpaired) electrons. The van der Waals surface area contributed by atoms with E-state index in [1.807, 2.05) is 0 Å². The molecule has 4 nitrogen and oxygen atoms in total. The molecule has 0 saturated heterocycles. The van der Waals surface area contributed by atoms with E-state index in [-0.39, 0.29) is 39.9 Å². The summed E-state index contributed by atoms with van der Waals surface area (Å²) in [6, 6.07) is 7.16. The van der Waals surface area contributed by atoms with Crippen LogP contribution < -0.4 is 0 Å². The molecule has 3 rings (SSSR count). The molecule has 0 fully saturated rings. The van der Waals surface area contributed by atoms with Gasteiger partial charge in [-0.1, -0.05) is 12.1 Å². The van der Waals surface area contributed by atoms with Gasteiger partial charge in [0.15, 0.2) is 6.29 Å². The third-order valence-electron chi connectivity index (χ3n) is 3.55. The lowest BCUT2D eigenvalue weighted by molar-refractivity contribution is 0.111. The third kappa shape index (κ3) is 2.34. The number of halogens is 2. The molecule has 0 aromatic heterocycles. The largest absolute Gasteiger partial charge is 0.508 e. The zero-order valence-corrected chi connectivity index (χ0v) is 11.5. The summed E-state index contributed by atoms with van der Waals surface area (Å²) in [6.07, 6.45) is 0.107. The van der Waals surface area contributed by atoms with Crippen molar-refractivity contribution < 1.29 is 28.9 Å². The van der Waals surface area contributed by atoms with Crippen LogP contribution >= 0.6 is 0 Å². The van der Waals surface area contributed by atoms with Crippen molar-refractivity contribution in [3.05, 3.63) is 53.6 Å². The number of fused-ring (bicyclic) bond motifs is 1. The van der Waals surface area contributed by atoms with Crippen LogP contribution in [0.15, 0.2) is 36.4 Å². The van der Waals surface area contributed by atoms with E-state index in [1.165, 1.54) is 18.2 Å². The highest BCUT2D eigenvalue weighted by molar-refractivity contribution is 5.94. The van der Waals surface area contributed by atoms with Crippen LogP contribution in [-0.2, 0) is 0 Å². The molecule has 0 aliphatic heterocycles. The minimum Gasteiger partial charge on any atom is -0.508 e. The van der Waals surface area contributed by atoms with Crippen LogP contribution in [0.3, 0.4) is 0 Å². The summed E-state index contributed by atoms with van der Waals surface area (Å²) in [7, 11) is 0. The average molecular weight is 316 g/mol. The van der Waals surface area contributed by atoms with Crippen molar-refractivity contribution in [2.24, 2.45) is 0 Å². The molecule has 3 aromatic carbocycles. The molecule has 3 aromatic rings. The van der Waals surface area contributed by atoms with Gasteiger partial charge >= 0.3 is 0 Å². The zero-order valence-electron chi connectivity index (χ0n) is 11.5. The number of hydrogen-bond acceptors (Lipinski definition) is 4. The van der Waals surface area contributed by atoms with Gasteiger partial charge in [-0.2, -0.15) is 0 Å². The molecule has 0 aliphatic carbocycles. The molecular weight excluding hydrogens is 306 g/mol. The highest BCUT2D eigenvalue weighted by Crippen LogP contribution is 2.41. The van der Waals surface area contributed by atoms with E-state index in [0.717, 1.165) is 18.2 Å². The molecule has 3 N–H and O–H groups in total. The van der Waals surface area contributed by atoms with Gasteiger partial charge in [0.2, 0.25) is 0 Å². The number of rotatable bonds is 2. The number of carbonyl (C=O) groups is 1. The molecule has 116 valence electrons. The second kappa shape index (κ2) is 5.24. The SMILES string of the molecule is O=Cc1c(F)cc2cc(-c3c(O)cc(O)cc3O)ccc2c1F. The lowest BCUT2D eigenvalue weighted by Gasteiger charge is -2.10. The van der Waals surface area contributed by atoms with Gasteiger partial charge in [-0.15, -0.1) is 0 Å². The van der Waals surface area contributed by atoms with Crippen molar-refractivity contribution in [2.45, 2.75) is 0 Å². The average Bonchev–Trinajstić information content (AvgIpc) is 2.46. The normalized spacial score (nSPS) is 10.9. The van der Waals surface area contributed by atoms with Crippen molar-refractivity contribution in [3.63, 3.8) is 0 Å². The molecule has 0 unspecified atom stereocenters. The first-order valence-electron chi connectivity index (χ1n) is 6.54. The lowest BCUT2D eigenvalue weighted by atomic mass is 9.98. The maximum atomic E-state index is 14.1. The first kappa shape index (κ1) is 14.8. The summed E-state index contributed by atoms with van der Waals surface area (Å²) in [6.45, 7) is 0. The van der Waals surface area contributed by atoms with E-state index in [1.54, 1.807) is 0 Å². The summed E-state index contributed by atoms with van der Waals surface area (Å²) in [5, 5.41) is 29.3. The van der Waals surface area contributed by atoms with Crippen molar-refractivity contribution >= 4 is 17.1 Å². The summed E-state index contributed by atoms with van der Waals surface area (Å²) >= 11 is 0. The quantitative estimate of drug-likeness (QED) is 0.630. The predicted octanol–water partition coefficient (Wildman–Crippen LogP) is 3.71. The summed E-state index contributed by atoms with van der Waals surface area (Å²) in [5.74, 6) is -3.06. The number of carbonyl (C=O) groups excluding carboxylic acids is 1. The number of hydrogen-bond donors (Lipinski definition) is 3. The maximum absolute atomic E-state index is 14.1. The van der Waals surface area contributed by atoms with E-state index in [9.17, 15) is 28.9 Å². The third-order valence-corrected chi connectivity index (χ3v) is 3.55. The molecule has 0 amide bonds. The first-order chi connectivity index (χ1) is 10.9. The second-order valence-corrected chi connectivity index (χ2v) is 5.00. The fourth-order valence-electron chi connectivity index (χ4n) is 2.50. The monoisotopic (exact) mass is 316 g/mol. The van der Waals surface area contributed by atoms with E-state index in [4.69, 9.17) is 0 Å². The van der Waals surface area contributed by atoms with E-state index in [0.29, 0.717) is 5.56 Å². The Morgan fingerprint density at radius 3 is 2.17 bits per heavy atom. The Labute approximate surface area is 128 Å². The van der Waals surface area contributed by atoms with Crippen molar-refractivity contribution in [3.8, 4) is 28.4 Å². The number of aromatic hydroxyl groups is 3. The zero-order chi connectivity index (χ0) is 16.7. The van der Waals surface area contributed by atoms with Gasteiger partial charge in [0.25, 0.3) is 0 Å². The molecule has 0 aliphatic rings. The van der Waals surface area contributed by atoms with E-state index >= 15 is 0 Å². The molecule has 0 saturated carbocycles. The van der Waals surface area contributed by atoms with Crippen LogP contribution in [-0.4, -0.2) is 21.6 Å². The van der Waals surface area contributed by atoms with Crippen molar-refractivity contribution in [2.75, 3.05) is 0 Å². The predicted molar refractivity (Wildman–Crippen MR) is 79.7 cm³/mol. The fourth-order valence-corrected chi connectivity index (χ4v) is 2.50. The van der Waals surface area contributed by atoms with Gasteiger partial charge in [-0.25, -0.2) is 8.78 Å². The standard InChI is InChI=1S/C17H10F2O4/c18-13-4-9-3-8(1-2-11(9)17(19)12(13)7-20)16-14(22)5-10(21)6-15(16)23/h1-7,21-23H. The van der Waals surface area contributed by atoms with Crippen molar-refractivity contribution in [1.82, 2.24) is 0 Å². The van der Waals surface area contributed by atoms with Gasteiger partial charge in [0.05, 0.1) is 11.1 Å². The molecule has 0 bridgehead atoms. The minimum atomic E-state index is -0.999. The van der Waals surface area contributed by atoms with Crippen molar-refractivity contribution in [1.29, 1.82) is 0 Å². The molecule has 6 heteroatoms. The molecule has 0 heterocycles. The smallest absolute Gasteiger partial charge is 0.155 e. The van der Waals surface area contributed by atoms with Crippen LogP contribution in [0.5, 0.6) is 17.2 Å². The minimum absolute atomic E-state index is 0.0185. The summed E-state index contributed by atoms with van der Waals surface area (Å²) in [4.78, 5) is 10.7. The Morgan fingerprint density at radius 1 is 0.913 bits per heavy atom. The highest BCUT2D eigenvalue weighted by atomic mass is 19.1. The van der Waals surface area contributed by atoms with Gasteiger partial charge in [0.1, 0.15) is 28.9 Å². The van der Waals surface area contributed by atoms with E-state index < -0.39 is 17.2 Å². The van der Waals surface area contributed by atoms with Crippen LogP contribution in [0.2, 0.25) is 0 Å². The van der Waals surface area contributed by atoms with Crippen LogP contribution in [0, 0.1) is 11.6 Å². The van der Waals surface area contributed by atoms with Crippen LogP contribution in [0.4, 0.5) is 8.78 Å². The summed E-state index contributed by atoms with van der Waals surface area (Å²) in [5.41, 5.74) is -0.337. The Bertz CT molecular complexity index is 928. The number of benzene rings is 3. The van der Waals surface area contributed by atoms with Gasteiger partial charge in [-0.3, -0.25) is 4.79 Å². The highest BCUT2D eigenvalue weighted by Gasteiger charge is 2.16. The van der Waals surface area contributed by atoms with E-state index in [2.05, 4.69) is 0 Å². The van der Waals surface area contributed by atoms with Crippen LogP contribution in [0.25, 0.3) is 21.9 Å². The van der Waals surface area contributed by atoms with Gasteiger partial charge < -0.3 is 15.3 Å². The fraction of sp³-hybridized carbons (Fsp3) is 0. The first-order valence-corrected chi connectivity index (χ1v) is 6.54. The van der Waals surface area contributed by atoms with Gasteiger partial charge in [-0.05, 0) is 23.1 Å². The molecular formula is C17H10F2O4. The second-order valence-electron chi connectivity index (χ2n) is 5.00. The Morgan fingerprint density at radius 2 is 1.57 bits per heavy atom. The topological polar surface area (TPSA) is 77.8 Å². The molecule has 23 heavy (non-hydrogen) atoms. The van der Waals surface area contributed by atoms with Crippen LogP contribution in [0.1, 0.15) is 10.4 Å². The Hall–Kier alpha value is -3.15. The summed E-state index contributed by atoms with van der Waals surface area (Å²) < 4.78 is 27.8. The number of phenolic OH excluding ortho intramolecular Hbond substituents is 3.